The number of benzene rings is 1. The maximum atomic E-state index is 13.5. The molecule has 174 valence electrons. The summed E-state index contributed by atoms with van der Waals surface area (Å²) in [4.78, 5) is 46.5. The molecule has 2 atom stereocenters. The summed E-state index contributed by atoms with van der Waals surface area (Å²) in [5, 5.41) is 1.36. The predicted molar refractivity (Wildman–Crippen MR) is 122 cm³/mol. The maximum absolute atomic E-state index is 13.5. The Balaban J connectivity index is 1.79. The number of anilines is 1. The molecule has 0 spiro atoms. The number of carbonyl (C=O) groups is 3. The molecule has 2 heterocycles. The highest BCUT2D eigenvalue weighted by molar-refractivity contribution is 6.39. The average molecular weight is 444 g/mol. The average Bonchev–Trinajstić information content (AvgIpc) is 3.25. The molecule has 0 radical (unpaired) electrons. The lowest BCUT2D eigenvalue weighted by Crippen LogP contribution is -2.59. The third-order valence-corrected chi connectivity index (χ3v) is 5.85. The molecule has 1 aromatic carbocycles. The first-order valence-corrected chi connectivity index (χ1v) is 11.4. The molecule has 2 aliphatic rings. The van der Waals surface area contributed by atoms with E-state index in [2.05, 4.69) is 22.2 Å². The van der Waals surface area contributed by atoms with Crippen LogP contribution >= 0.6 is 0 Å². The lowest BCUT2D eigenvalue weighted by atomic mass is 10.2. The molecule has 1 saturated heterocycles. The van der Waals surface area contributed by atoms with Crippen molar-refractivity contribution in [1.29, 1.82) is 0 Å². The van der Waals surface area contributed by atoms with Crippen molar-refractivity contribution in [3.8, 4) is 0 Å². The van der Waals surface area contributed by atoms with Crippen LogP contribution in [0.3, 0.4) is 0 Å². The van der Waals surface area contributed by atoms with Gasteiger partial charge in [0.1, 0.15) is 6.04 Å². The summed E-state index contributed by atoms with van der Waals surface area (Å²) in [6.45, 7) is 8.51. The zero-order valence-corrected chi connectivity index (χ0v) is 19.1. The van der Waals surface area contributed by atoms with Gasteiger partial charge in [0, 0.05) is 19.1 Å². The lowest BCUT2D eigenvalue weighted by Gasteiger charge is -2.34. The number of esters is 1. The summed E-state index contributed by atoms with van der Waals surface area (Å²) >= 11 is 0. The van der Waals surface area contributed by atoms with Crippen LogP contribution in [0.2, 0.25) is 0 Å². The van der Waals surface area contributed by atoms with E-state index in [9.17, 15) is 14.4 Å². The molecule has 3 rings (SSSR count). The van der Waals surface area contributed by atoms with E-state index in [4.69, 9.17) is 4.74 Å². The molecular formula is C23H33N5O4. The van der Waals surface area contributed by atoms with Gasteiger partial charge in [0.05, 0.1) is 18.7 Å². The Bertz CT molecular complexity index is 844. The maximum Gasteiger partial charge on any atom is 0.307 e. The third kappa shape index (κ3) is 5.64. The summed E-state index contributed by atoms with van der Waals surface area (Å²) in [5.41, 5.74) is 3.54. The normalized spacial score (nSPS) is 21.2. The second-order valence-electron chi connectivity index (χ2n) is 8.01. The fraction of sp³-hybridized carbons (Fsp3) is 0.565. The van der Waals surface area contributed by atoms with Crippen LogP contribution in [-0.4, -0.2) is 78.3 Å². The minimum absolute atomic E-state index is 0.103. The number of hydrazine groups is 1. The van der Waals surface area contributed by atoms with Gasteiger partial charge in [-0.05, 0) is 51.9 Å². The Morgan fingerprint density at radius 2 is 2.00 bits per heavy atom. The first-order valence-electron chi connectivity index (χ1n) is 11.4. The van der Waals surface area contributed by atoms with E-state index in [1.165, 1.54) is 5.01 Å². The number of amidine groups is 1. The smallest absolute Gasteiger partial charge is 0.307 e. The summed E-state index contributed by atoms with van der Waals surface area (Å²) in [5.74, 6) is -0.792. The van der Waals surface area contributed by atoms with Crippen LogP contribution in [0.25, 0.3) is 0 Å². The Morgan fingerprint density at radius 1 is 1.25 bits per heavy atom. The number of carbonyl (C=O) groups excluding carboxylic acids is 3. The number of nitrogens with one attached hydrogen (secondary N) is 1. The second kappa shape index (κ2) is 11.1. The van der Waals surface area contributed by atoms with Crippen molar-refractivity contribution in [2.45, 2.75) is 52.1 Å². The van der Waals surface area contributed by atoms with Crippen molar-refractivity contribution in [3.63, 3.8) is 0 Å². The van der Waals surface area contributed by atoms with E-state index >= 15 is 0 Å². The van der Waals surface area contributed by atoms with Gasteiger partial charge < -0.3 is 9.64 Å². The number of likely N-dealkylation sites (tertiary alicyclic amines) is 1. The standard InChI is InChI=1S/C23H33N5O4/c1-4-26-14-9-12-19(26)16-27(15-13-20(29)32-5-2)23(31)21-24-17(3)22(30)28(25-21)18-10-7-6-8-11-18/h6-8,10-11,17,19H,4-5,9,12-16H2,1-3H3,(H,24,25). The highest BCUT2D eigenvalue weighted by atomic mass is 16.5. The number of aliphatic imine (C=N–C) groups is 1. The van der Waals surface area contributed by atoms with Crippen molar-refractivity contribution in [2.75, 3.05) is 37.8 Å². The molecule has 1 N–H and O–H groups in total. The summed E-state index contributed by atoms with van der Waals surface area (Å²) in [7, 11) is 0. The molecular weight excluding hydrogens is 410 g/mol. The van der Waals surface area contributed by atoms with Crippen LogP contribution in [0.15, 0.2) is 35.3 Å². The SMILES string of the molecule is CCOC(=O)CCN(CC1CCCN1CC)C(=O)C1=NC(C)C(=O)N(c2ccccc2)N1. The Hall–Kier alpha value is -2.94. The van der Waals surface area contributed by atoms with E-state index in [1.807, 2.05) is 18.2 Å². The van der Waals surface area contributed by atoms with Crippen LogP contribution in [0.1, 0.15) is 40.0 Å². The minimum atomic E-state index is -0.694. The van der Waals surface area contributed by atoms with Gasteiger partial charge in [0.2, 0.25) is 5.84 Å². The molecule has 2 unspecified atom stereocenters. The minimum Gasteiger partial charge on any atom is -0.466 e. The van der Waals surface area contributed by atoms with E-state index in [1.54, 1.807) is 30.9 Å². The number of likely N-dealkylation sites (N-methyl/N-ethyl adjacent to an activating group) is 1. The Labute approximate surface area is 189 Å². The number of para-hydroxylation sites is 1. The molecule has 1 fully saturated rings. The molecule has 32 heavy (non-hydrogen) atoms. The van der Waals surface area contributed by atoms with Gasteiger partial charge >= 0.3 is 5.97 Å². The summed E-state index contributed by atoms with van der Waals surface area (Å²) in [6.07, 6.45) is 2.20. The highest BCUT2D eigenvalue weighted by Crippen LogP contribution is 2.20. The topological polar surface area (TPSA) is 94.5 Å². The fourth-order valence-electron chi connectivity index (χ4n) is 4.15. The first-order chi connectivity index (χ1) is 15.4. The van der Waals surface area contributed by atoms with Crippen molar-refractivity contribution in [3.05, 3.63) is 30.3 Å². The first kappa shape index (κ1) is 23.7. The van der Waals surface area contributed by atoms with Gasteiger partial charge in [0.15, 0.2) is 0 Å². The van der Waals surface area contributed by atoms with Crippen molar-refractivity contribution in [1.82, 2.24) is 15.2 Å². The number of hydrogen-bond donors (Lipinski definition) is 1. The van der Waals surface area contributed by atoms with E-state index in [-0.39, 0.29) is 42.6 Å². The molecule has 0 aromatic heterocycles. The molecule has 2 aliphatic heterocycles. The van der Waals surface area contributed by atoms with Crippen LogP contribution in [-0.2, 0) is 19.1 Å². The third-order valence-electron chi connectivity index (χ3n) is 5.85. The number of amides is 2. The molecule has 9 nitrogen and oxygen atoms in total. The molecule has 1 aromatic rings. The zero-order chi connectivity index (χ0) is 23.1. The Kier molecular flexibility index (Phi) is 8.21. The van der Waals surface area contributed by atoms with Crippen LogP contribution in [0.4, 0.5) is 5.69 Å². The number of hydrogen-bond acceptors (Lipinski definition) is 7. The van der Waals surface area contributed by atoms with Crippen molar-refractivity contribution >= 4 is 29.3 Å². The van der Waals surface area contributed by atoms with Crippen molar-refractivity contribution in [2.24, 2.45) is 4.99 Å². The van der Waals surface area contributed by atoms with Gasteiger partial charge in [-0.3, -0.25) is 24.7 Å². The van der Waals surface area contributed by atoms with E-state index in [0.29, 0.717) is 18.8 Å². The quantitative estimate of drug-likeness (QED) is 0.583. The van der Waals surface area contributed by atoms with Crippen molar-refractivity contribution < 1.29 is 19.1 Å². The van der Waals surface area contributed by atoms with Gasteiger partial charge in [-0.25, -0.2) is 10.0 Å². The second-order valence-corrected chi connectivity index (χ2v) is 8.01. The number of ether oxygens (including phenoxy) is 1. The summed E-state index contributed by atoms with van der Waals surface area (Å²) in [6, 6.07) is 8.64. The molecule has 9 heteroatoms. The van der Waals surface area contributed by atoms with E-state index in [0.717, 1.165) is 25.9 Å². The largest absolute Gasteiger partial charge is 0.466 e. The van der Waals surface area contributed by atoms with Gasteiger partial charge in [-0.2, -0.15) is 0 Å². The van der Waals surface area contributed by atoms with Crippen LogP contribution < -0.4 is 10.4 Å². The molecule has 2 amide bonds. The molecule has 0 aliphatic carbocycles. The fourth-order valence-corrected chi connectivity index (χ4v) is 4.15. The molecule has 0 saturated carbocycles. The predicted octanol–water partition coefficient (Wildman–Crippen LogP) is 1.59. The zero-order valence-electron chi connectivity index (χ0n) is 19.1. The van der Waals surface area contributed by atoms with E-state index < -0.39 is 6.04 Å². The van der Waals surface area contributed by atoms with Crippen LogP contribution in [0, 0.1) is 0 Å². The van der Waals surface area contributed by atoms with Gasteiger partial charge in [-0.1, -0.05) is 25.1 Å². The van der Waals surface area contributed by atoms with Gasteiger partial charge in [-0.15, -0.1) is 0 Å². The summed E-state index contributed by atoms with van der Waals surface area (Å²) < 4.78 is 5.05. The molecule has 0 bridgehead atoms. The van der Waals surface area contributed by atoms with Gasteiger partial charge in [0.25, 0.3) is 11.8 Å². The van der Waals surface area contributed by atoms with Crippen LogP contribution in [0.5, 0.6) is 0 Å². The monoisotopic (exact) mass is 443 g/mol. The Morgan fingerprint density at radius 3 is 2.69 bits per heavy atom. The number of rotatable bonds is 9. The number of nitrogens with zero attached hydrogens (tertiary/aromatic N) is 4. The lowest BCUT2D eigenvalue weighted by molar-refractivity contribution is -0.143. The highest BCUT2D eigenvalue weighted by Gasteiger charge is 2.34.